The zero-order valence-corrected chi connectivity index (χ0v) is 17.2. The summed E-state index contributed by atoms with van der Waals surface area (Å²) in [6.07, 6.45) is -5.70. The van der Waals surface area contributed by atoms with Gasteiger partial charge in [0.1, 0.15) is 18.3 Å². The van der Waals surface area contributed by atoms with Crippen LogP contribution in [0.2, 0.25) is 18.1 Å². The largest absolute Gasteiger partial charge is 0.414 e. The van der Waals surface area contributed by atoms with Crippen molar-refractivity contribution in [3.05, 3.63) is 37.1 Å². The van der Waals surface area contributed by atoms with Gasteiger partial charge in [-0.3, -0.25) is 14.3 Å². The van der Waals surface area contributed by atoms with E-state index in [9.17, 15) is 24.2 Å². The van der Waals surface area contributed by atoms with Gasteiger partial charge in [0.2, 0.25) is 5.82 Å². The number of rotatable bonds is 5. The van der Waals surface area contributed by atoms with E-state index in [2.05, 4.69) is 10.0 Å². The molecule has 13 heteroatoms. The summed E-state index contributed by atoms with van der Waals surface area (Å²) in [6.45, 7) is 9.99. The van der Waals surface area contributed by atoms with Gasteiger partial charge in [0.25, 0.3) is 5.56 Å². The molecule has 0 bridgehead atoms. The molecule has 2 heterocycles. The topological polar surface area (TPSA) is 163 Å². The lowest BCUT2D eigenvalue weighted by Gasteiger charge is -2.37. The number of nitrogens with one attached hydrogen (secondary N) is 1. The average molecular weight is 417 g/mol. The number of ether oxygens (including phenoxy) is 1. The van der Waals surface area contributed by atoms with Gasteiger partial charge in [0.05, 0.1) is 6.61 Å². The molecule has 1 aromatic rings. The molecule has 0 aliphatic carbocycles. The fraction of sp³-hybridized carbons (Fsp3) is 0.733. The lowest BCUT2D eigenvalue weighted by molar-refractivity contribution is -0.0525. The predicted molar refractivity (Wildman–Crippen MR) is 99.2 cm³/mol. The minimum absolute atomic E-state index is 0.0668. The van der Waals surface area contributed by atoms with E-state index in [0.29, 0.717) is 4.57 Å². The third-order valence-corrected chi connectivity index (χ3v) is 9.71. The van der Waals surface area contributed by atoms with Gasteiger partial charge in [-0.25, -0.2) is 4.79 Å². The SMILES string of the molecule is CC(C)(C)[Si](C)(C)OC[C@H]1O[C@@H](n2c(N=[N+]=[N-])c(F)c(=O)[nH]c2=O)[C@H](O)[C@@H]1O. The van der Waals surface area contributed by atoms with Gasteiger partial charge in [0.15, 0.2) is 20.4 Å². The van der Waals surface area contributed by atoms with Crippen LogP contribution in [0.3, 0.4) is 0 Å². The maximum atomic E-state index is 14.1. The number of aromatic amines is 1. The molecule has 0 radical (unpaired) electrons. The summed E-state index contributed by atoms with van der Waals surface area (Å²) in [5.74, 6) is -2.46. The van der Waals surface area contributed by atoms with Gasteiger partial charge in [-0.05, 0) is 28.8 Å². The summed E-state index contributed by atoms with van der Waals surface area (Å²) < 4.78 is 26.0. The zero-order chi connectivity index (χ0) is 21.4. The lowest BCUT2D eigenvalue weighted by Crippen LogP contribution is -2.44. The highest BCUT2D eigenvalue weighted by atomic mass is 28.4. The molecule has 1 fully saturated rings. The van der Waals surface area contributed by atoms with E-state index in [1.165, 1.54) is 0 Å². The summed E-state index contributed by atoms with van der Waals surface area (Å²) >= 11 is 0. The third-order valence-electron chi connectivity index (χ3n) is 5.21. The van der Waals surface area contributed by atoms with Crippen LogP contribution in [-0.2, 0) is 9.16 Å². The number of aromatic nitrogens is 2. The first-order valence-electron chi connectivity index (χ1n) is 8.57. The molecule has 4 atom stereocenters. The van der Waals surface area contributed by atoms with E-state index < -0.39 is 55.7 Å². The standard InChI is InChI=1S/C15H24FN5O6Si/c1-15(2,3)28(4,5)26-6-7-9(22)10(23)13(27-7)21-11(19-20-17)8(16)12(24)18-14(21)25/h7,9-10,13,22-23H,6H2,1-5H3,(H,18,24,25)/t7-,9-,10-,13-/m1/s1. The molecule has 1 aliphatic rings. The summed E-state index contributed by atoms with van der Waals surface area (Å²) in [4.78, 5) is 27.7. The van der Waals surface area contributed by atoms with Crippen LogP contribution in [0.4, 0.5) is 10.2 Å². The van der Waals surface area contributed by atoms with E-state index in [0.717, 1.165) is 0 Å². The first kappa shape index (κ1) is 22.3. The third kappa shape index (κ3) is 4.04. The quantitative estimate of drug-likeness (QED) is 0.283. The van der Waals surface area contributed by atoms with Crippen molar-refractivity contribution in [1.82, 2.24) is 9.55 Å². The Hall–Kier alpha value is -2.02. The maximum absolute atomic E-state index is 14.1. The van der Waals surface area contributed by atoms with Crippen molar-refractivity contribution in [1.29, 1.82) is 0 Å². The minimum atomic E-state index is -2.19. The summed E-state index contributed by atoms with van der Waals surface area (Å²) in [5, 5.41) is 23.5. The lowest BCUT2D eigenvalue weighted by atomic mass is 10.1. The van der Waals surface area contributed by atoms with Gasteiger partial charge >= 0.3 is 5.69 Å². The highest BCUT2D eigenvalue weighted by Crippen LogP contribution is 2.38. The Morgan fingerprint density at radius 3 is 2.50 bits per heavy atom. The normalized spacial score (nSPS) is 25.6. The number of aliphatic hydroxyl groups excluding tert-OH is 2. The molecule has 0 spiro atoms. The molecule has 3 N–H and O–H groups in total. The molecule has 156 valence electrons. The van der Waals surface area contributed by atoms with Gasteiger partial charge in [0, 0.05) is 4.91 Å². The predicted octanol–water partition coefficient (Wildman–Crippen LogP) is 1.26. The molecule has 0 unspecified atom stereocenters. The average Bonchev–Trinajstić information content (AvgIpc) is 2.85. The van der Waals surface area contributed by atoms with E-state index in [1.54, 1.807) is 4.98 Å². The highest BCUT2D eigenvalue weighted by molar-refractivity contribution is 6.74. The van der Waals surface area contributed by atoms with Crippen molar-refractivity contribution < 1.29 is 23.8 Å². The van der Waals surface area contributed by atoms with Crippen LogP contribution in [0, 0.1) is 5.82 Å². The van der Waals surface area contributed by atoms with Crippen LogP contribution in [0.25, 0.3) is 10.4 Å². The van der Waals surface area contributed by atoms with Crippen molar-refractivity contribution >= 4 is 14.1 Å². The van der Waals surface area contributed by atoms with Crippen LogP contribution in [-0.4, -0.2) is 53.0 Å². The first-order chi connectivity index (χ1) is 12.8. The van der Waals surface area contributed by atoms with Crippen molar-refractivity contribution in [2.24, 2.45) is 5.11 Å². The van der Waals surface area contributed by atoms with Crippen LogP contribution >= 0.6 is 0 Å². The number of azide groups is 1. The van der Waals surface area contributed by atoms with Gasteiger partial charge < -0.3 is 19.4 Å². The Bertz CT molecular complexity index is 904. The maximum Gasteiger partial charge on any atom is 0.331 e. The summed E-state index contributed by atoms with van der Waals surface area (Å²) in [5.41, 5.74) is 6.07. The molecular weight excluding hydrogens is 393 g/mol. The Kier molecular flexibility index (Phi) is 6.18. The molecule has 0 saturated carbocycles. The van der Waals surface area contributed by atoms with E-state index >= 15 is 0 Å². The summed E-state index contributed by atoms with van der Waals surface area (Å²) in [6, 6.07) is 0. The highest BCUT2D eigenvalue weighted by Gasteiger charge is 2.47. The first-order valence-corrected chi connectivity index (χ1v) is 11.5. The molecule has 0 aromatic carbocycles. The second-order valence-corrected chi connectivity index (χ2v) is 12.9. The van der Waals surface area contributed by atoms with Crippen LogP contribution < -0.4 is 11.2 Å². The number of nitrogens with zero attached hydrogens (tertiary/aromatic N) is 4. The fourth-order valence-electron chi connectivity index (χ4n) is 2.47. The van der Waals surface area contributed by atoms with Gasteiger partial charge in [-0.1, -0.05) is 20.8 Å². The Balaban J connectivity index is 2.36. The zero-order valence-electron chi connectivity index (χ0n) is 16.2. The number of aliphatic hydroxyl groups is 2. The molecular formula is C15H24FN5O6Si. The number of H-pyrrole nitrogens is 1. The Morgan fingerprint density at radius 1 is 1.36 bits per heavy atom. The molecule has 28 heavy (non-hydrogen) atoms. The van der Waals surface area contributed by atoms with Gasteiger partial charge in [-0.15, -0.1) is 0 Å². The second-order valence-electron chi connectivity index (χ2n) is 8.07. The number of hydrogen-bond donors (Lipinski definition) is 3. The smallest absolute Gasteiger partial charge is 0.331 e. The molecule has 0 amide bonds. The van der Waals surface area contributed by atoms with Crippen LogP contribution in [0.15, 0.2) is 14.7 Å². The monoisotopic (exact) mass is 417 g/mol. The summed E-state index contributed by atoms with van der Waals surface area (Å²) in [7, 11) is -2.19. The Morgan fingerprint density at radius 2 is 1.96 bits per heavy atom. The molecule has 1 saturated heterocycles. The minimum Gasteiger partial charge on any atom is -0.414 e. The van der Waals surface area contributed by atoms with Gasteiger partial charge in [-0.2, -0.15) is 4.39 Å². The number of halogens is 1. The van der Waals surface area contributed by atoms with Crippen molar-refractivity contribution in [2.45, 2.75) is 63.4 Å². The fourth-order valence-corrected chi connectivity index (χ4v) is 3.49. The van der Waals surface area contributed by atoms with Crippen molar-refractivity contribution in [3.63, 3.8) is 0 Å². The number of hydrogen-bond acceptors (Lipinski definition) is 7. The van der Waals surface area contributed by atoms with Crippen molar-refractivity contribution in [3.8, 4) is 0 Å². The van der Waals surface area contributed by atoms with E-state index in [-0.39, 0.29) is 11.6 Å². The molecule has 1 aromatic heterocycles. The second kappa shape index (κ2) is 7.77. The van der Waals surface area contributed by atoms with E-state index in [4.69, 9.17) is 14.7 Å². The van der Waals surface area contributed by atoms with Crippen LogP contribution in [0.1, 0.15) is 27.0 Å². The van der Waals surface area contributed by atoms with E-state index in [1.807, 2.05) is 33.9 Å². The molecule has 11 nitrogen and oxygen atoms in total. The molecule has 1 aliphatic heterocycles. The molecule has 2 rings (SSSR count). The van der Waals surface area contributed by atoms with Crippen molar-refractivity contribution in [2.75, 3.05) is 6.61 Å². The van der Waals surface area contributed by atoms with Crippen LogP contribution in [0.5, 0.6) is 0 Å². The Labute approximate surface area is 160 Å².